The SMILES string of the molecule is CC(C)(C)S(=O)N=C1CN(C(c2ccccc2)c2ccccc2)C1. The van der Waals surface area contributed by atoms with Crippen LogP contribution in [0.1, 0.15) is 37.9 Å². The lowest BCUT2D eigenvalue weighted by atomic mass is 9.94. The number of likely N-dealkylation sites (tertiary alicyclic amines) is 1. The monoisotopic (exact) mass is 340 g/mol. The highest BCUT2D eigenvalue weighted by Gasteiger charge is 2.32. The molecule has 0 amide bonds. The summed E-state index contributed by atoms with van der Waals surface area (Å²) in [4.78, 5) is 2.38. The number of hydrogen-bond acceptors (Lipinski definition) is 2. The highest BCUT2D eigenvalue weighted by Crippen LogP contribution is 2.31. The molecular formula is C20H24N2OS. The van der Waals surface area contributed by atoms with Gasteiger partial charge in [0.15, 0.2) is 0 Å². The van der Waals surface area contributed by atoms with E-state index in [1.165, 1.54) is 11.1 Å². The average molecular weight is 340 g/mol. The molecule has 1 unspecified atom stereocenters. The van der Waals surface area contributed by atoms with Crippen LogP contribution in [0, 0.1) is 0 Å². The molecule has 1 saturated heterocycles. The van der Waals surface area contributed by atoms with E-state index in [-0.39, 0.29) is 10.8 Å². The molecule has 0 N–H and O–H groups in total. The molecule has 1 aliphatic heterocycles. The van der Waals surface area contributed by atoms with E-state index in [9.17, 15) is 4.21 Å². The van der Waals surface area contributed by atoms with E-state index in [0.717, 1.165) is 18.8 Å². The van der Waals surface area contributed by atoms with Gasteiger partial charge in [0.2, 0.25) is 0 Å². The maximum absolute atomic E-state index is 12.2. The predicted molar refractivity (Wildman–Crippen MR) is 102 cm³/mol. The Kier molecular flexibility index (Phi) is 4.97. The standard InChI is InChI=1S/C20H24N2OS/c1-20(2,3)24(23)21-18-14-22(15-18)19(16-10-6-4-7-11-16)17-12-8-5-9-13-17/h4-13,19H,14-15H2,1-3H3. The fourth-order valence-electron chi connectivity index (χ4n) is 2.80. The first-order valence-electron chi connectivity index (χ1n) is 8.27. The van der Waals surface area contributed by atoms with Crippen LogP contribution < -0.4 is 0 Å². The third-order valence-electron chi connectivity index (χ3n) is 4.10. The molecule has 1 heterocycles. The highest BCUT2D eigenvalue weighted by molar-refractivity contribution is 7.85. The van der Waals surface area contributed by atoms with Crippen LogP contribution in [-0.4, -0.2) is 32.7 Å². The van der Waals surface area contributed by atoms with E-state index >= 15 is 0 Å². The van der Waals surface area contributed by atoms with Gasteiger partial charge >= 0.3 is 0 Å². The number of rotatable bonds is 4. The van der Waals surface area contributed by atoms with Crippen LogP contribution >= 0.6 is 0 Å². The Morgan fingerprint density at radius 1 is 0.917 bits per heavy atom. The summed E-state index contributed by atoms with van der Waals surface area (Å²) in [5.74, 6) is 0. The lowest BCUT2D eigenvalue weighted by molar-refractivity contribution is 0.251. The first-order chi connectivity index (χ1) is 11.4. The van der Waals surface area contributed by atoms with Crippen molar-refractivity contribution in [1.29, 1.82) is 0 Å². The largest absolute Gasteiger partial charge is 0.281 e. The molecule has 1 fully saturated rings. The molecule has 3 rings (SSSR count). The van der Waals surface area contributed by atoms with Gasteiger partial charge in [-0.3, -0.25) is 4.90 Å². The van der Waals surface area contributed by atoms with Crippen LogP contribution in [0.15, 0.2) is 65.1 Å². The molecule has 2 aromatic carbocycles. The van der Waals surface area contributed by atoms with Crippen LogP contribution in [0.3, 0.4) is 0 Å². The summed E-state index contributed by atoms with van der Waals surface area (Å²) >= 11 is 0. The minimum atomic E-state index is -1.17. The molecule has 1 aliphatic rings. The van der Waals surface area contributed by atoms with Crippen molar-refractivity contribution >= 4 is 16.7 Å². The zero-order valence-electron chi connectivity index (χ0n) is 14.5. The average Bonchev–Trinajstić information content (AvgIpc) is 2.53. The Bertz CT molecular complexity index is 688. The van der Waals surface area contributed by atoms with Gasteiger partial charge in [0, 0.05) is 13.1 Å². The summed E-state index contributed by atoms with van der Waals surface area (Å²) in [6.45, 7) is 7.42. The van der Waals surface area contributed by atoms with Crippen LogP contribution in [0.5, 0.6) is 0 Å². The summed E-state index contributed by atoms with van der Waals surface area (Å²) in [6, 6.07) is 21.3. The van der Waals surface area contributed by atoms with Gasteiger partial charge in [0.25, 0.3) is 0 Å². The van der Waals surface area contributed by atoms with Crippen molar-refractivity contribution in [3.63, 3.8) is 0 Å². The van der Waals surface area contributed by atoms with Gasteiger partial charge in [-0.1, -0.05) is 60.7 Å². The first-order valence-corrected chi connectivity index (χ1v) is 9.38. The lowest BCUT2D eigenvalue weighted by Gasteiger charge is -2.40. The van der Waals surface area contributed by atoms with Gasteiger partial charge in [0.05, 0.1) is 16.5 Å². The Hall–Kier alpha value is -1.78. The molecule has 126 valence electrons. The van der Waals surface area contributed by atoms with E-state index in [1.54, 1.807) is 0 Å². The number of hydrogen-bond donors (Lipinski definition) is 0. The minimum absolute atomic E-state index is 0.217. The van der Waals surface area contributed by atoms with Crippen molar-refractivity contribution < 1.29 is 4.21 Å². The maximum atomic E-state index is 12.2. The first kappa shape index (κ1) is 17.1. The van der Waals surface area contributed by atoms with Crippen LogP contribution in [0.25, 0.3) is 0 Å². The van der Waals surface area contributed by atoms with Crippen LogP contribution in [0.2, 0.25) is 0 Å². The van der Waals surface area contributed by atoms with Crippen molar-refractivity contribution in [2.45, 2.75) is 31.6 Å². The normalized spacial score (nSPS) is 16.8. The van der Waals surface area contributed by atoms with E-state index in [4.69, 9.17) is 0 Å². The second-order valence-corrected chi connectivity index (χ2v) is 9.05. The topological polar surface area (TPSA) is 32.7 Å². The van der Waals surface area contributed by atoms with Gasteiger partial charge in [-0.15, -0.1) is 0 Å². The zero-order valence-corrected chi connectivity index (χ0v) is 15.3. The fraction of sp³-hybridized carbons (Fsp3) is 0.350. The Morgan fingerprint density at radius 3 is 1.79 bits per heavy atom. The highest BCUT2D eigenvalue weighted by atomic mass is 32.2. The summed E-state index contributed by atoms with van der Waals surface area (Å²) in [7, 11) is -1.17. The molecule has 3 nitrogen and oxygen atoms in total. The van der Waals surface area contributed by atoms with Crippen molar-refractivity contribution in [2.24, 2.45) is 4.40 Å². The molecule has 0 radical (unpaired) electrons. The van der Waals surface area contributed by atoms with Crippen molar-refractivity contribution in [1.82, 2.24) is 4.90 Å². The van der Waals surface area contributed by atoms with E-state index < -0.39 is 11.0 Å². The lowest BCUT2D eigenvalue weighted by Crippen LogP contribution is -2.49. The van der Waals surface area contributed by atoms with E-state index in [2.05, 4.69) is 57.8 Å². The molecule has 4 heteroatoms. The Balaban J connectivity index is 1.80. The van der Waals surface area contributed by atoms with Crippen molar-refractivity contribution in [3.8, 4) is 0 Å². The molecular weight excluding hydrogens is 316 g/mol. The minimum Gasteiger partial charge on any atom is -0.281 e. The van der Waals surface area contributed by atoms with Gasteiger partial charge in [0.1, 0.15) is 11.0 Å². The summed E-state index contributed by atoms with van der Waals surface area (Å²) in [5, 5.41) is 0. The van der Waals surface area contributed by atoms with E-state index in [0.29, 0.717) is 0 Å². The quantitative estimate of drug-likeness (QED) is 0.843. The van der Waals surface area contributed by atoms with Crippen LogP contribution in [-0.2, 0) is 11.0 Å². The molecule has 0 bridgehead atoms. The van der Waals surface area contributed by atoms with Crippen molar-refractivity contribution in [3.05, 3.63) is 71.8 Å². The van der Waals surface area contributed by atoms with E-state index in [1.807, 2.05) is 32.9 Å². The van der Waals surface area contributed by atoms with Gasteiger partial charge in [-0.25, -0.2) is 4.21 Å². The summed E-state index contributed by atoms with van der Waals surface area (Å²) in [6.07, 6.45) is 0. The molecule has 0 saturated carbocycles. The van der Waals surface area contributed by atoms with Gasteiger partial charge < -0.3 is 0 Å². The van der Waals surface area contributed by atoms with Gasteiger partial charge in [-0.2, -0.15) is 4.40 Å². The molecule has 0 spiro atoms. The molecule has 24 heavy (non-hydrogen) atoms. The molecule has 2 aromatic rings. The molecule has 0 aromatic heterocycles. The molecule has 0 aliphatic carbocycles. The second-order valence-electron chi connectivity index (χ2n) is 7.15. The smallest absolute Gasteiger partial charge is 0.144 e. The Morgan fingerprint density at radius 2 is 1.38 bits per heavy atom. The second kappa shape index (κ2) is 6.99. The molecule has 1 atom stereocenters. The zero-order chi connectivity index (χ0) is 17.2. The number of benzene rings is 2. The van der Waals surface area contributed by atoms with Crippen LogP contribution in [0.4, 0.5) is 0 Å². The Labute approximate surface area is 147 Å². The third-order valence-corrected chi connectivity index (χ3v) is 5.57. The third kappa shape index (κ3) is 3.82. The fourth-order valence-corrected chi connectivity index (χ4v) is 3.43. The van der Waals surface area contributed by atoms with Gasteiger partial charge in [-0.05, 0) is 31.9 Å². The summed E-state index contributed by atoms with van der Waals surface area (Å²) in [5.41, 5.74) is 3.58. The number of nitrogens with zero attached hydrogens (tertiary/aromatic N) is 2. The predicted octanol–water partition coefficient (Wildman–Crippen LogP) is 3.99. The maximum Gasteiger partial charge on any atom is 0.144 e. The summed E-state index contributed by atoms with van der Waals surface area (Å²) < 4.78 is 16.3. The van der Waals surface area contributed by atoms with Crippen molar-refractivity contribution in [2.75, 3.05) is 13.1 Å².